The van der Waals surface area contributed by atoms with E-state index < -0.39 is 5.97 Å². The van der Waals surface area contributed by atoms with E-state index in [0.29, 0.717) is 15.6 Å². The van der Waals surface area contributed by atoms with Crippen LogP contribution in [-0.4, -0.2) is 38.0 Å². The Labute approximate surface area is 124 Å². The number of fused-ring (bicyclic) bond motifs is 1. The lowest BCUT2D eigenvalue weighted by Crippen LogP contribution is -2.10. The average molecular weight is 301 g/mol. The molecule has 2 heterocycles. The third kappa shape index (κ3) is 2.70. The van der Waals surface area contributed by atoms with Crippen LogP contribution < -0.4 is 0 Å². The van der Waals surface area contributed by atoms with Gasteiger partial charge < -0.3 is 4.74 Å². The lowest BCUT2D eigenvalue weighted by Gasteiger charge is -2.08. The van der Waals surface area contributed by atoms with E-state index in [9.17, 15) is 4.79 Å². The zero-order valence-corrected chi connectivity index (χ0v) is 11.9. The maximum atomic E-state index is 12.1. The molecule has 1 aromatic carbocycles. The Balaban J connectivity index is 2.15. The first-order valence-electron chi connectivity index (χ1n) is 6.25. The number of hydrogen-bond donors (Lipinski definition) is 1. The van der Waals surface area contributed by atoms with Gasteiger partial charge in [-0.2, -0.15) is 5.10 Å². The second-order valence-electron chi connectivity index (χ2n) is 4.01. The summed E-state index contributed by atoms with van der Waals surface area (Å²) >= 11 is 1.27. The van der Waals surface area contributed by atoms with E-state index in [0.717, 1.165) is 5.39 Å². The second kappa shape index (κ2) is 5.88. The van der Waals surface area contributed by atoms with Gasteiger partial charge in [-0.3, -0.25) is 5.10 Å². The molecule has 0 aliphatic rings. The fourth-order valence-electron chi connectivity index (χ4n) is 1.81. The molecular weight excluding hydrogens is 290 g/mol. The number of nitrogens with one attached hydrogen (secondary N) is 1. The van der Waals surface area contributed by atoms with Crippen molar-refractivity contribution in [2.45, 2.75) is 17.0 Å². The van der Waals surface area contributed by atoms with Gasteiger partial charge in [0.25, 0.3) is 0 Å². The van der Waals surface area contributed by atoms with Crippen LogP contribution in [0.25, 0.3) is 10.9 Å². The molecule has 3 aromatic rings. The van der Waals surface area contributed by atoms with Gasteiger partial charge >= 0.3 is 5.97 Å². The summed E-state index contributed by atoms with van der Waals surface area (Å²) in [6, 6.07) is 7.46. The predicted octanol–water partition coefficient (Wildman–Crippen LogP) is 2.08. The van der Waals surface area contributed by atoms with Gasteiger partial charge in [0.1, 0.15) is 6.33 Å². The third-order valence-electron chi connectivity index (χ3n) is 2.68. The molecule has 1 N–H and O–H groups in total. The number of rotatable bonds is 4. The van der Waals surface area contributed by atoms with Gasteiger partial charge in [-0.15, -0.1) is 10.2 Å². The molecule has 0 unspecified atom stereocenters. The number of benzene rings is 1. The lowest BCUT2D eigenvalue weighted by molar-refractivity contribution is 0.0514. The number of nitrogens with zero attached hydrogens (tertiary/aromatic N) is 4. The molecule has 2 aromatic heterocycles. The van der Waals surface area contributed by atoms with E-state index in [-0.39, 0.29) is 12.3 Å². The summed E-state index contributed by atoms with van der Waals surface area (Å²) in [7, 11) is 0. The highest BCUT2D eigenvalue weighted by atomic mass is 32.2. The minimum atomic E-state index is -0.502. The van der Waals surface area contributed by atoms with Gasteiger partial charge in [0.05, 0.1) is 17.0 Å². The van der Waals surface area contributed by atoms with E-state index in [1.807, 2.05) is 24.3 Å². The molecule has 106 valence electrons. The van der Waals surface area contributed by atoms with Gasteiger partial charge in [-0.25, -0.2) is 9.78 Å². The van der Waals surface area contributed by atoms with Crippen LogP contribution in [0.1, 0.15) is 17.4 Å². The van der Waals surface area contributed by atoms with Gasteiger partial charge in [0.15, 0.2) is 10.9 Å². The monoisotopic (exact) mass is 301 g/mol. The van der Waals surface area contributed by atoms with Crippen LogP contribution in [0.5, 0.6) is 0 Å². The molecule has 0 saturated carbocycles. The second-order valence-corrected chi connectivity index (χ2v) is 5.01. The molecule has 0 aliphatic carbocycles. The van der Waals surface area contributed by atoms with E-state index in [1.165, 1.54) is 18.1 Å². The van der Waals surface area contributed by atoms with Crippen molar-refractivity contribution in [3.63, 3.8) is 0 Å². The Morgan fingerprint density at radius 3 is 2.95 bits per heavy atom. The first-order valence-corrected chi connectivity index (χ1v) is 7.07. The minimum absolute atomic E-state index is 0.178. The van der Waals surface area contributed by atoms with Gasteiger partial charge in [-0.1, -0.05) is 18.2 Å². The summed E-state index contributed by atoms with van der Waals surface area (Å²) in [4.78, 5) is 16.8. The summed E-state index contributed by atoms with van der Waals surface area (Å²) in [5.41, 5.74) is 0.879. The van der Waals surface area contributed by atoms with Crippen LogP contribution >= 0.6 is 11.8 Å². The van der Waals surface area contributed by atoms with Crippen LogP contribution in [0, 0.1) is 0 Å². The number of carbonyl (C=O) groups is 1. The van der Waals surface area contributed by atoms with Crippen LogP contribution in [-0.2, 0) is 4.74 Å². The van der Waals surface area contributed by atoms with Crippen LogP contribution in [0.4, 0.5) is 0 Å². The number of H-pyrrole nitrogens is 1. The molecule has 3 rings (SSSR count). The van der Waals surface area contributed by atoms with Crippen LogP contribution in [0.15, 0.2) is 40.6 Å². The Morgan fingerprint density at radius 2 is 2.19 bits per heavy atom. The van der Waals surface area contributed by atoms with Gasteiger partial charge in [0.2, 0.25) is 0 Å². The first kappa shape index (κ1) is 13.5. The highest BCUT2D eigenvalue weighted by Crippen LogP contribution is 2.32. The quantitative estimate of drug-likeness (QED) is 0.737. The van der Waals surface area contributed by atoms with E-state index >= 15 is 0 Å². The molecule has 0 saturated heterocycles. The molecule has 0 spiro atoms. The topological polar surface area (TPSA) is 93.7 Å². The van der Waals surface area contributed by atoms with Crippen molar-refractivity contribution in [2.24, 2.45) is 0 Å². The van der Waals surface area contributed by atoms with Crippen molar-refractivity contribution in [3.8, 4) is 0 Å². The number of esters is 1. The van der Waals surface area contributed by atoms with E-state index in [1.54, 1.807) is 6.92 Å². The third-order valence-corrected chi connectivity index (χ3v) is 3.69. The number of aromatic nitrogens is 5. The maximum absolute atomic E-state index is 12.1. The molecule has 0 radical (unpaired) electrons. The van der Waals surface area contributed by atoms with E-state index in [2.05, 4.69) is 25.4 Å². The van der Waals surface area contributed by atoms with Crippen molar-refractivity contribution < 1.29 is 9.53 Å². The largest absolute Gasteiger partial charge is 0.461 e. The highest BCUT2D eigenvalue weighted by molar-refractivity contribution is 7.99. The van der Waals surface area contributed by atoms with Crippen LogP contribution in [0.3, 0.4) is 0 Å². The maximum Gasteiger partial charge on any atom is 0.360 e. The number of ether oxygens (including phenoxy) is 1. The zero-order valence-electron chi connectivity index (χ0n) is 11.1. The SMILES string of the molecule is CCOC(=O)c1nnc2ccccc2c1Sc1ncn[nH]1. The van der Waals surface area contributed by atoms with Crippen molar-refractivity contribution in [1.82, 2.24) is 25.4 Å². The Bertz CT molecular complexity index is 775. The number of aromatic amines is 1. The summed E-state index contributed by atoms with van der Waals surface area (Å²) in [6.45, 7) is 2.02. The lowest BCUT2D eigenvalue weighted by atomic mass is 10.2. The molecule has 21 heavy (non-hydrogen) atoms. The average Bonchev–Trinajstić information content (AvgIpc) is 3.01. The number of carbonyl (C=O) groups excluding carboxylic acids is 1. The van der Waals surface area contributed by atoms with Crippen molar-refractivity contribution >= 4 is 28.6 Å². The van der Waals surface area contributed by atoms with Crippen molar-refractivity contribution in [2.75, 3.05) is 6.61 Å². The molecule has 7 nitrogen and oxygen atoms in total. The Hall–Kier alpha value is -2.48. The molecule has 0 atom stereocenters. The molecule has 8 heteroatoms. The fourth-order valence-corrected chi connectivity index (χ4v) is 2.70. The Kier molecular flexibility index (Phi) is 3.78. The smallest absolute Gasteiger partial charge is 0.360 e. The number of hydrogen-bond acceptors (Lipinski definition) is 7. The van der Waals surface area contributed by atoms with Crippen LogP contribution in [0.2, 0.25) is 0 Å². The molecule has 0 aliphatic heterocycles. The molecule has 0 amide bonds. The standard InChI is InChI=1S/C13H11N5O2S/c1-2-20-12(19)10-11(21-13-14-7-15-18-13)8-5-3-4-6-9(8)16-17-10/h3-7H,2H2,1H3,(H,14,15,18). The van der Waals surface area contributed by atoms with Crippen molar-refractivity contribution in [1.29, 1.82) is 0 Å². The first-order chi connectivity index (χ1) is 10.3. The summed E-state index contributed by atoms with van der Waals surface area (Å²) in [5.74, 6) is -0.502. The summed E-state index contributed by atoms with van der Waals surface area (Å²) in [6.07, 6.45) is 1.41. The minimum Gasteiger partial charge on any atom is -0.461 e. The van der Waals surface area contributed by atoms with Gasteiger partial charge in [-0.05, 0) is 24.8 Å². The van der Waals surface area contributed by atoms with E-state index in [4.69, 9.17) is 4.74 Å². The molecular formula is C13H11N5O2S. The predicted molar refractivity (Wildman–Crippen MR) is 76.0 cm³/mol. The van der Waals surface area contributed by atoms with Crippen molar-refractivity contribution in [3.05, 3.63) is 36.3 Å². The zero-order chi connectivity index (χ0) is 14.7. The molecule has 0 fully saturated rings. The fraction of sp³-hybridized carbons (Fsp3) is 0.154. The highest BCUT2D eigenvalue weighted by Gasteiger charge is 2.20. The Morgan fingerprint density at radius 1 is 1.33 bits per heavy atom. The summed E-state index contributed by atoms with van der Waals surface area (Å²) < 4.78 is 5.04. The van der Waals surface area contributed by atoms with Gasteiger partial charge in [0, 0.05) is 5.39 Å². The summed E-state index contributed by atoms with van der Waals surface area (Å²) in [5, 5.41) is 16.0. The molecule has 0 bridgehead atoms. The normalized spacial score (nSPS) is 10.7.